The van der Waals surface area contributed by atoms with Gasteiger partial charge >= 0.3 is 0 Å². The molecule has 0 aliphatic heterocycles. The molecule has 0 spiro atoms. The predicted octanol–water partition coefficient (Wildman–Crippen LogP) is 3.52. The number of hydrogen-bond acceptors (Lipinski definition) is 0. The summed E-state index contributed by atoms with van der Waals surface area (Å²) in [7, 11) is 0. The number of imidazole rings is 1. The largest absolute Gasteiger partial charge is 0.254 e. The van der Waals surface area contributed by atoms with E-state index in [1.807, 2.05) is 30.3 Å². The molecular formula is C15H12BrN2+. The third kappa shape index (κ3) is 2.22. The van der Waals surface area contributed by atoms with Crippen LogP contribution in [0.25, 0.3) is 11.4 Å². The molecule has 0 saturated carbocycles. The minimum Gasteiger partial charge on any atom is -0.202 e. The molecule has 2 aromatic carbocycles. The molecule has 1 aromatic heterocycles. The molecule has 0 aliphatic carbocycles. The number of hydrogen-bond donors (Lipinski definition) is 0. The standard InChI is InChI=1S/C15H12BrN2/c16-13-6-8-15(9-7-13)18-11-10-17(12-18)14-4-2-1-3-5-14/h1-12H/q+1. The molecule has 3 heteroatoms. The molecular weight excluding hydrogens is 288 g/mol. The molecule has 3 aromatic rings. The Labute approximate surface area is 114 Å². The van der Waals surface area contributed by atoms with E-state index < -0.39 is 0 Å². The Morgan fingerprint density at radius 2 is 1.61 bits per heavy atom. The fourth-order valence-corrected chi connectivity index (χ4v) is 2.14. The highest BCUT2D eigenvalue weighted by molar-refractivity contribution is 9.10. The van der Waals surface area contributed by atoms with Gasteiger partial charge in [-0.25, -0.2) is 9.13 Å². The number of para-hydroxylation sites is 1. The number of nitrogens with zero attached hydrogens (tertiary/aromatic N) is 2. The van der Waals surface area contributed by atoms with Crippen LogP contribution >= 0.6 is 15.9 Å². The summed E-state index contributed by atoms with van der Waals surface area (Å²) in [4.78, 5) is 0. The second kappa shape index (κ2) is 4.78. The molecule has 0 fully saturated rings. The zero-order valence-electron chi connectivity index (χ0n) is 9.70. The summed E-state index contributed by atoms with van der Waals surface area (Å²) in [5, 5.41) is 0. The summed E-state index contributed by atoms with van der Waals surface area (Å²) >= 11 is 3.45. The van der Waals surface area contributed by atoms with E-state index in [1.54, 1.807) is 0 Å². The lowest BCUT2D eigenvalue weighted by Gasteiger charge is -1.96. The first-order chi connectivity index (χ1) is 8.83. The first-order valence-electron chi connectivity index (χ1n) is 5.73. The van der Waals surface area contributed by atoms with Gasteiger partial charge in [-0.1, -0.05) is 34.1 Å². The van der Waals surface area contributed by atoms with Crippen molar-refractivity contribution in [2.75, 3.05) is 0 Å². The maximum Gasteiger partial charge on any atom is 0.254 e. The Balaban J connectivity index is 1.97. The molecule has 3 rings (SSSR count). The minimum absolute atomic E-state index is 1.09. The number of rotatable bonds is 2. The van der Waals surface area contributed by atoms with Gasteiger partial charge in [0, 0.05) is 4.47 Å². The van der Waals surface area contributed by atoms with Crippen molar-refractivity contribution in [2.24, 2.45) is 0 Å². The summed E-state index contributed by atoms with van der Waals surface area (Å²) < 4.78 is 5.29. The Morgan fingerprint density at radius 3 is 2.33 bits per heavy atom. The van der Waals surface area contributed by atoms with Gasteiger partial charge in [-0.15, -0.1) is 0 Å². The van der Waals surface area contributed by atoms with Crippen molar-refractivity contribution < 1.29 is 4.57 Å². The number of benzene rings is 2. The molecule has 0 N–H and O–H groups in total. The van der Waals surface area contributed by atoms with Crippen LogP contribution in [0.4, 0.5) is 0 Å². The van der Waals surface area contributed by atoms with Gasteiger partial charge in [-0.3, -0.25) is 0 Å². The van der Waals surface area contributed by atoms with Crippen molar-refractivity contribution in [3.8, 4) is 11.4 Å². The molecule has 0 aliphatic rings. The monoisotopic (exact) mass is 299 g/mol. The van der Waals surface area contributed by atoms with Gasteiger partial charge in [0.25, 0.3) is 6.33 Å². The van der Waals surface area contributed by atoms with E-state index in [0.717, 1.165) is 15.8 Å². The molecule has 2 nitrogen and oxygen atoms in total. The molecule has 0 unspecified atom stereocenters. The van der Waals surface area contributed by atoms with Crippen LogP contribution in [-0.4, -0.2) is 4.57 Å². The Kier molecular flexibility index (Phi) is 2.99. The third-order valence-corrected chi connectivity index (χ3v) is 3.34. The number of halogens is 1. The molecule has 0 atom stereocenters. The van der Waals surface area contributed by atoms with Crippen LogP contribution in [0.5, 0.6) is 0 Å². The normalized spacial score (nSPS) is 10.5. The Hall–Kier alpha value is -1.87. The highest BCUT2D eigenvalue weighted by atomic mass is 79.9. The van der Waals surface area contributed by atoms with Crippen molar-refractivity contribution in [2.45, 2.75) is 0 Å². The summed E-state index contributed by atoms with van der Waals surface area (Å²) in [6.07, 6.45) is 6.17. The van der Waals surface area contributed by atoms with E-state index in [0.29, 0.717) is 0 Å². The van der Waals surface area contributed by atoms with Crippen LogP contribution in [0.15, 0.2) is 77.8 Å². The average Bonchev–Trinajstić information content (AvgIpc) is 2.90. The van der Waals surface area contributed by atoms with E-state index in [1.165, 1.54) is 0 Å². The summed E-state index contributed by atoms with van der Waals surface area (Å²) in [5.41, 5.74) is 2.31. The van der Waals surface area contributed by atoms with E-state index in [-0.39, 0.29) is 0 Å². The van der Waals surface area contributed by atoms with Gasteiger partial charge in [0.05, 0.1) is 0 Å². The van der Waals surface area contributed by atoms with Gasteiger partial charge < -0.3 is 0 Å². The minimum atomic E-state index is 1.09. The van der Waals surface area contributed by atoms with Gasteiger partial charge in [-0.05, 0) is 36.4 Å². The lowest BCUT2D eigenvalue weighted by molar-refractivity contribution is -0.594. The quantitative estimate of drug-likeness (QED) is 0.640. The Morgan fingerprint density at radius 1 is 0.889 bits per heavy atom. The summed E-state index contributed by atoms with van der Waals surface area (Å²) in [5.74, 6) is 0. The highest BCUT2D eigenvalue weighted by Crippen LogP contribution is 2.11. The van der Waals surface area contributed by atoms with E-state index in [2.05, 4.69) is 68.1 Å². The van der Waals surface area contributed by atoms with Crippen molar-refractivity contribution >= 4 is 15.9 Å². The first-order valence-corrected chi connectivity index (χ1v) is 6.53. The van der Waals surface area contributed by atoms with Crippen LogP contribution < -0.4 is 4.57 Å². The maximum absolute atomic E-state index is 3.45. The van der Waals surface area contributed by atoms with Crippen molar-refractivity contribution in [1.82, 2.24) is 4.57 Å². The topological polar surface area (TPSA) is 8.81 Å². The van der Waals surface area contributed by atoms with E-state index >= 15 is 0 Å². The van der Waals surface area contributed by atoms with Crippen LogP contribution in [-0.2, 0) is 0 Å². The molecule has 88 valence electrons. The fraction of sp³-hybridized carbons (Fsp3) is 0. The molecule has 0 saturated heterocycles. The van der Waals surface area contributed by atoms with Crippen LogP contribution in [0, 0.1) is 0 Å². The fourth-order valence-electron chi connectivity index (χ4n) is 1.87. The van der Waals surface area contributed by atoms with E-state index in [9.17, 15) is 0 Å². The molecule has 0 bridgehead atoms. The lowest BCUT2D eigenvalue weighted by Crippen LogP contribution is -2.27. The van der Waals surface area contributed by atoms with Crippen LogP contribution in [0.2, 0.25) is 0 Å². The summed E-state index contributed by atoms with van der Waals surface area (Å²) in [6, 6.07) is 18.5. The predicted molar refractivity (Wildman–Crippen MR) is 75.0 cm³/mol. The second-order valence-electron chi connectivity index (χ2n) is 4.04. The molecule has 18 heavy (non-hydrogen) atoms. The van der Waals surface area contributed by atoms with Crippen LogP contribution in [0.3, 0.4) is 0 Å². The first kappa shape index (κ1) is 11.2. The van der Waals surface area contributed by atoms with Crippen molar-refractivity contribution in [3.05, 3.63) is 77.8 Å². The zero-order valence-corrected chi connectivity index (χ0v) is 11.3. The van der Waals surface area contributed by atoms with Crippen LogP contribution in [0.1, 0.15) is 0 Å². The lowest BCUT2D eigenvalue weighted by atomic mass is 10.3. The maximum atomic E-state index is 3.45. The van der Waals surface area contributed by atoms with Gasteiger partial charge in [-0.2, -0.15) is 0 Å². The molecule has 0 amide bonds. The second-order valence-corrected chi connectivity index (χ2v) is 4.96. The van der Waals surface area contributed by atoms with Gasteiger partial charge in [0.15, 0.2) is 0 Å². The van der Waals surface area contributed by atoms with E-state index in [4.69, 9.17) is 0 Å². The molecule has 0 radical (unpaired) electrons. The Bertz CT molecular complexity index is 642. The smallest absolute Gasteiger partial charge is 0.202 e. The third-order valence-electron chi connectivity index (χ3n) is 2.82. The van der Waals surface area contributed by atoms with Gasteiger partial charge in [0.1, 0.15) is 23.8 Å². The summed E-state index contributed by atoms with van der Waals surface area (Å²) in [6.45, 7) is 0. The SMILES string of the molecule is Brc1ccc(-[n+]2ccn(-c3ccccc3)c2)cc1. The van der Waals surface area contributed by atoms with Gasteiger partial charge in [0.2, 0.25) is 0 Å². The highest BCUT2D eigenvalue weighted by Gasteiger charge is 2.07. The average molecular weight is 300 g/mol. The zero-order chi connectivity index (χ0) is 12.4. The van der Waals surface area contributed by atoms with Crippen molar-refractivity contribution in [3.63, 3.8) is 0 Å². The molecule has 1 heterocycles. The number of aromatic nitrogens is 2. The van der Waals surface area contributed by atoms with Crippen molar-refractivity contribution in [1.29, 1.82) is 0 Å².